The number of ether oxygens (including phenoxy) is 1. The maximum atomic E-state index is 12.4. The van der Waals surface area contributed by atoms with E-state index < -0.39 is 16.1 Å². The molecule has 3 N–H and O–H groups in total. The molecule has 1 amide bonds. The number of carbonyl (C=O) groups excluding carboxylic acids is 1. The molecule has 3 rings (SSSR count). The molecule has 0 radical (unpaired) electrons. The first-order valence-corrected chi connectivity index (χ1v) is 11.0. The highest BCUT2D eigenvalue weighted by atomic mass is 32.2. The molecule has 0 bridgehead atoms. The number of benzene rings is 3. The Hall–Kier alpha value is -3.16. The van der Waals surface area contributed by atoms with Gasteiger partial charge >= 0.3 is 0 Å². The van der Waals surface area contributed by atoms with Gasteiger partial charge in [0.25, 0.3) is 5.91 Å². The molecule has 156 valence electrons. The lowest BCUT2D eigenvalue weighted by atomic mass is 10.0. The van der Waals surface area contributed by atoms with Gasteiger partial charge in [0.15, 0.2) is 6.61 Å². The molecule has 0 aromatic heterocycles. The van der Waals surface area contributed by atoms with Crippen molar-refractivity contribution in [1.29, 1.82) is 0 Å². The van der Waals surface area contributed by atoms with Crippen molar-refractivity contribution in [3.8, 4) is 5.75 Å². The molecule has 1 atom stereocenters. The second-order valence-corrected chi connectivity index (χ2v) is 8.53. The Labute approximate surface area is 176 Å². The molecule has 0 saturated carbocycles. The number of carbonyl (C=O) groups is 1. The van der Waals surface area contributed by atoms with Crippen molar-refractivity contribution in [2.45, 2.75) is 24.3 Å². The van der Waals surface area contributed by atoms with Crippen molar-refractivity contribution in [3.05, 3.63) is 95.6 Å². The Morgan fingerprint density at radius 1 is 1.00 bits per heavy atom. The van der Waals surface area contributed by atoms with Crippen molar-refractivity contribution >= 4 is 15.9 Å². The largest absolute Gasteiger partial charge is 0.483 e. The number of amides is 1. The van der Waals surface area contributed by atoms with E-state index in [-0.39, 0.29) is 17.4 Å². The van der Waals surface area contributed by atoms with Crippen LogP contribution in [-0.4, -0.2) is 20.9 Å². The molecule has 0 aliphatic rings. The first kappa shape index (κ1) is 21.5. The summed E-state index contributed by atoms with van der Waals surface area (Å²) in [5, 5.41) is 7.99. The number of para-hydroxylation sites is 1. The van der Waals surface area contributed by atoms with Crippen LogP contribution in [0.1, 0.15) is 29.7 Å². The number of primary sulfonamides is 1. The van der Waals surface area contributed by atoms with E-state index in [9.17, 15) is 13.2 Å². The number of nitrogens with one attached hydrogen (secondary N) is 1. The van der Waals surface area contributed by atoms with Gasteiger partial charge < -0.3 is 10.1 Å². The first-order chi connectivity index (χ1) is 14.3. The van der Waals surface area contributed by atoms with Gasteiger partial charge in [-0.25, -0.2) is 13.6 Å². The highest BCUT2D eigenvalue weighted by molar-refractivity contribution is 7.89. The van der Waals surface area contributed by atoms with Crippen LogP contribution < -0.4 is 15.2 Å². The Balaban J connectivity index is 1.61. The summed E-state index contributed by atoms with van der Waals surface area (Å²) in [7, 11) is -3.80. The quantitative estimate of drug-likeness (QED) is 0.580. The molecule has 0 unspecified atom stereocenters. The van der Waals surface area contributed by atoms with Crippen LogP contribution in [0.5, 0.6) is 5.75 Å². The summed E-state index contributed by atoms with van der Waals surface area (Å²) in [6, 6.07) is 23.4. The van der Waals surface area contributed by atoms with Gasteiger partial charge in [0.05, 0.1) is 10.9 Å². The number of hydrogen-bond donors (Lipinski definition) is 2. The lowest BCUT2D eigenvalue weighted by molar-refractivity contribution is -0.123. The fourth-order valence-corrected chi connectivity index (χ4v) is 3.65. The predicted molar refractivity (Wildman–Crippen MR) is 116 cm³/mol. The van der Waals surface area contributed by atoms with Gasteiger partial charge in [-0.15, -0.1) is 0 Å². The van der Waals surface area contributed by atoms with Crippen molar-refractivity contribution in [3.63, 3.8) is 0 Å². The van der Waals surface area contributed by atoms with E-state index in [1.54, 1.807) is 19.1 Å². The standard InChI is InChI=1S/C23H24N2O4S/c1-17(19-11-7-12-21(15-19)30(24,27)28)25-23(26)16-29-22-13-6-5-10-20(22)14-18-8-3-2-4-9-18/h2-13,15,17H,14,16H2,1H3,(H,25,26)(H2,24,27,28)/t17-/m1/s1. The molecule has 6 nitrogen and oxygen atoms in total. The highest BCUT2D eigenvalue weighted by Gasteiger charge is 2.14. The van der Waals surface area contributed by atoms with E-state index >= 15 is 0 Å². The van der Waals surface area contributed by atoms with Crippen LogP contribution in [0.25, 0.3) is 0 Å². The van der Waals surface area contributed by atoms with E-state index in [0.29, 0.717) is 17.7 Å². The third-order valence-electron chi connectivity index (χ3n) is 4.63. The highest BCUT2D eigenvalue weighted by Crippen LogP contribution is 2.22. The number of hydrogen-bond acceptors (Lipinski definition) is 4. The van der Waals surface area contributed by atoms with Gasteiger partial charge in [-0.05, 0) is 41.8 Å². The Morgan fingerprint density at radius 2 is 1.70 bits per heavy atom. The van der Waals surface area contributed by atoms with Gasteiger partial charge in [0.2, 0.25) is 10.0 Å². The zero-order valence-corrected chi connectivity index (χ0v) is 17.4. The van der Waals surface area contributed by atoms with E-state index in [1.165, 1.54) is 12.1 Å². The molecule has 3 aromatic rings. The lowest BCUT2D eigenvalue weighted by Crippen LogP contribution is -2.31. The average molecular weight is 425 g/mol. The third-order valence-corrected chi connectivity index (χ3v) is 5.54. The summed E-state index contributed by atoms with van der Waals surface area (Å²) in [5.41, 5.74) is 2.78. The fraction of sp³-hybridized carbons (Fsp3) is 0.174. The lowest BCUT2D eigenvalue weighted by Gasteiger charge is -2.16. The third kappa shape index (κ3) is 5.92. The number of nitrogens with two attached hydrogens (primary N) is 1. The summed E-state index contributed by atoms with van der Waals surface area (Å²) < 4.78 is 28.8. The van der Waals surface area contributed by atoms with Crippen molar-refractivity contribution in [1.82, 2.24) is 5.32 Å². The van der Waals surface area contributed by atoms with Crippen LogP contribution in [0.2, 0.25) is 0 Å². The van der Waals surface area contributed by atoms with Crippen LogP contribution in [0, 0.1) is 0 Å². The van der Waals surface area contributed by atoms with Crippen LogP contribution in [0.3, 0.4) is 0 Å². The SMILES string of the molecule is C[C@@H](NC(=O)COc1ccccc1Cc1ccccc1)c1cccc(S(N)(=O)=O)c1. The second kappa shape index (κ2) is 9.56. The molecule has 0 aliphatic carbocycles. The summed E-state index contributed by atoms with van der Waals surface area (Å²) in [5.74, 6) is 0.346. The zero-order chi connectivity index (χ0) is 21.6. The normalized spacial score (nSPS) is 12.2. The molecule has 7 heteroatoms. The monoisotopic (exact) mass is 424 g/mol. The van der Waals surface area contributed by atoms with E-state index in [4.69, 9.17) is 9.88 Å². The molecule has 0 aliphatic heterocycles. The average Bonchev–Trinajstić information content (AvgIpc) is 2.73. The van der Waals surface area contributed by atoms with Crippen molar-refractivity contribution in [2.24, 2.45) is 5.14 Å². The van der Waals surface area contributed by atoms with Gasteiger partial charge in [-0.2, -0.15) is 0 Å². The maximum absolute atomic E-state index is 12.4. The van der Waals surface area contributed by atoms with Crippen LogP contribution in [0.15, 0.2) is 83.8 Å². The molecule has 0 spiro atoms. The number of rotatable bonds is 8. The molecule has 0 heterocycles. The van der Waals surface area contributed by atoms with E-state index in [0.717, 1.165) is 11.1 Å². The Bertz CT molecular complexity index is 1110. The topological polar surface area (TPSA) is 98.5 Å². The van der Waals surface area contributed by atoms with Gasteiger partial charge in [-0.3, -0.25) is 4.79 Å². The van der Waals surface area contributed by atoms with Gasteiger partial charge in [0.1, 0.15) is 5.75 Å². The molecular formula is C23H24N2O4S. The molecule has 0 fully saturated rings. The molecule has 0 saturated heterocycles. The Morgan fingerprint density at radius 3 is 2.43 bits per heavy atom. The Kier molecular flexibility index (Phi) is 6.87. The van der Waals surface area contributed by atoms with Crippen molar-refractivity contribution < 1.29 is 17.9 Å². The zero-order valence-electron chi connectivity index (χ0n) is 16.6. The van der Waals surface area contributed by atoms with Crippen molar-refractivity contribution in [2.75, 3.05) is 6.61 Å². The maximum Gasteiger partial charge on any atom is 0.258 e. The van der Waals surface area contributed by atoms with Crippen LogP contribution >= 0.6 is 0 Å². The van der Waals surface area contributed by atoms with Crippen LogP contribution in [0.4, 0.5) is 0 Å². The first-order valence-electron chi connectivity index (χ1n) is 9.49. The second-order valence-electron chi connectivity index (χ2n) is 6.97. The minimum Gasteiger partial charge on any atom is -0.483 e. The summed E-state index contributed by atoms with van der Waals surface area (Å²) in [4.78, 5) is 12.4. The summed E-state index contributed by atoms with van der Waals surface area (Å²) in [6.45, 7) is 1.62. The smallest absolute Gasteiger partial charge is 0.258 e. The molecule has 3 aromatic carbocycles. The van der Waals surface area contributed by atoms with E-state index in [2.05, 4.69) is 5.32 Å². The predicted octanol–water partition coefficient (Wildman–Crippen LogP) is 3.18. The van der Waals surface area contributed by atoms with Gasteiger partial charge in [0, 0.05) is 6.42 Å². The summed E-state index contributed by atoms with van der Waals surface area (Å²) >= 11 is 0. The summed E-state index contributed by atoms with van der Waals surface area (Å²) in [6.07, 6.45) is 0.704. The minimum absolute atomic E-state index is 0.00666. The fourth-order valence-electron chi connectivity index (χ4n) is 3.08. The minimum atomic E-state index is -3.80. The van der Waals surface area contributed by atoms with Gasteiger partial charge in [-0.1, -0.05) is 60.7 Å². The van der Waals surface area contributed by atoms with E-state index in [1.807, 2.05) is 54.6 Å². The van der Waals surface area contributed by atoms with Crippen LogP contribution in [-0.2, 0) is 21.2 Å². The molecular weight excluding hydrogens is 400 g/mol. The molecule has 30 heavy (non-hydrogen) atoms. The number of sulfonamides is 1.